The van der Waals surface area contributed by atoms with Gasteiger partial charge in [-0.05, 0) is 33.1 Å². The van der Waals surface area contributed by atoms with Gasteiger partial charge in [0.2, 0.25) is 10.0 Å². The van der Waals surface area contributed by atoms with Gasteiger partial charge in [0, 0.05) is 19.1 Å². The summed E-state index contributed by atoms with van der Waals surface area (Å²) in [5.74, 6) is 0. The standard InChI is InChI=1S/C13H23N3O2S/c1-4-12-8-6-7-9-16(12)19(17,18)13-10-14-15(5-2)11(13)3/h10,12H,4-9H2,1-3H3. The summed E-state index contributed by atoms with van der Waals surface area (Å²) in [4.78, 5) is 0.370. The van der Waals surface area contributed by atoms with Crippen LogP contribution in [0.2, 0.25) is 0 Å². The van der Waals surface area contributed by atoms with Gasteiger partial charge in [0.05, 0.1) is 11.9 Å². The van der Waals surface area contributed by atoms with Crippen molar-refractivity contribution in [1.82, 2.24) is 14.1 Å². The molecule has 0 N–H and O–H groups in total. The second-order valence-corrected chi connectivity index (χ2v) is 6.94. The highest BCUT2D eigenvalue weighted by molar-refractivity contribution is 7.89. The van der Waals surface area contributed by atoms with Crippen LogP contribution in [0, 0.1) is 6.92 Å². The van der Waals surface area contributed by atoms with E-state index in [0.717, 1.165) is 31.4 Å². The Labute approximate surface area is 115 Å². The Hall–Kier alpha value is -0.880. The highest BCUT2D eigenvalue weighted by Gasteiger charge is 2.34. The normalized spacial score (nSPS) is 21.7. The van der Waals surface area contributed by atoms with Crippen LogP contribution in [0.4, 0.5) is 0 Å². The van der Waals surface area contributed by atoms with Crippen molar-refractivity contribution in [2.45, 2.75) is 63.9 Å². The summed E-state index contributed by atoms with van der Waals surface area (Å²) < 4.78 is 29.0. The molecule has 0 saturated carbocycles. The first-order valence-electron chi connectivity index (χ1n) is 7.06. The third kappa shape index (κ3) is 2.56. The smallest absolute Gasteiger partial charge is 0.246 e. The van der Waals surface area contributed by atoms with E-state index < -0.39 is 10.0 Å². The van der Waals surface area contributed by atoms with Crippen LogP contribution < -0.4 is 0 Å². The molecular formula is C13H23N3O2S. The van der Waals surface area contributed by atoms with Gasteiger partial charge in [-0.1, -0.05) is 13.3 Å². The zero-order chi connectivity index (χ0) is 14.0. The molecule has 2 rings (SSSR count). The van der Waals surface area contributed by atoms with Crippen LogP contribution in [0.1, 0.15) is 45.2 Å². The number of nitrogens with zero attached hydrogens (tertiary/aromatic N) is 3. The Morgan fingerprint density at radius 3 is 2.68 bits per heavy atom. The van der Waals surface area contributed by atoms with Crippen molar-refractivity contribution in [2.24, 2.45) is 0 Å². The molecule has 0 radical (unpaired) electrons. The Balaban J connectivity index is 2.37. The number of hydrogen-bond donors (Lipinski definition) is 0. The SMILES string of the molecule is CCC1CCCCN1S(=O)(=O)c1cnn(CC)c1C. The molecule has 0 bridgehead atoms. The maximum absolute atomic E-state index is 12.8. The third-order valence-electron chi connectivity index (χ3n) is 3.99. The number of hydrogen-bond acceptors (Lipinski definition) is 3. The monoisotopic (exact) mass is 285 g/mol. The molecule has 6 heteroatoms. The predicted octanol–water partition coefficient (Wildman–Crippen LogP) is 2.16. The second kappa shape index (κ2) is 5.63. The van der Waals surface area contributed by atoms with Gasteiger partial charge in [-0.2, -0.15) is 9.40 Å². The maximum atomic E-state index is 12.8. The van der Waals surface area contributed by atoms with Crippen molar-refractivity contribution < 1.29 is 8.42 Å². The van der Waals surface area contributed by atoms with Crippen molar-refractivity contribution >= 4 is 10.0 Å². The van der Waals surface area contributed by atoms with E-state index in [1.807, 2.05) is 13.8 Å². The van der Waals surface area contributed by atoms with Gasteiger partial charge >= 0.3 is 0 Å². The topological polar surface area (TPSA) is 55.2 Å². The van der Waals surface area contributed by atoms with Crippen molar-refractivity contribution in [3.63, 3.8) is 0 Å². The first-order chi connectivity index (χ1) is 9.02. The molecule has 1 saturated heterocycles. The Bertz CT molecular complexity index is 536. The molecule has 2 heterocycles. The van der Waals surface area contributed by atoms with E-state index in [1.54, 1.807) is 8.99 Å². The molecule has 1 aliphatic rings. The molecule has 0 spiro atoms. The summed E-state index contributed by atoms with van der Waals surface area (Å²) >= 11 is 0. The fourth-order valence-corrected chi connectivity index (χ4v) is 4.75. The van der Waals surface area contributed by atoms with Crippen LogP contribution in [-0.4, -0.2) is 35.1 Å². The van der Waals surface area contributed by atoms with Crippen LogP contribution >= 0.6 is 0 Å². The Morgan fingerprint density at radius 2 is 2.11 bits per heavy atom. The first kappa shape index (κ1) is 14.5. The van der Waals surface area contributed by atoms with E-state index in [2.05, 4.69) is 12.0 Å². The molecule has 1 atom stereocenters. The number of aryl methyl sites for hydroxylation is 1. The predicted molar refractivity (Wildman–Crippen MR) is 74.5 cm³/mol. The quantitative estimate of drug-likeness (QED) is 0.852. The molecule has 5 nitrogen and oxygen atoms in total. The van der Waals surface area contributed by atoms with Crippen LogP contribution in [0.5, 0.6) is 0 Å². The highest BCUT2D eigenvalue weighted by Crippen LogP contribution is 2.28. The second-order valence-electron chi connectivity index (χ2n) is 5.08. The van der Waals surface area contributed by atoms with E-state index in [-0.39, 0.29) is 6.04 Å². The Kier molecular flexibility index (Phi) is 4.30. The van der Waals surface area contributed by atoms with Crippen LogP contribution in [0.25, 0.3) is 0 Å². The molecule has 1 unspecified atom stereocenters. The van der Waals surface area contributed by atoms with E-state index in [0.29, 0.717) is 18.0 Å². The Morgan fingerprint density at radius 1 is 1.37 bits per heavy atom. The zero-order valence-electron chi connectivity index (χ0n) is 12.0. The van der Waals surface area contributed by atoms with Crippen molar-refractivity contribution in [3.8, 4) is 0 Å². The van der Waals surface area contributed by atoms with Gasteiger partial charge < -0.3 is 0 Å². The highest BCUT2D eigenvalue weighted by atomic mass is 32.2. The number of aromatic nitrogens is 2. The fraction of sp³-hybridized carbons (Fsp3) is 0.769. The van der Waals surface area contributed by atoms with Crippen LogP contribution in [-0.2, 0) is 16.6 Å². The van der Waals surface area contributed by atoms with Gasteiger partial charge in [-0.3, -0.25) is 4.68 Å². The van der Waals surface area contributed by atoms with Crippen molar-refractivity contribution in [1.29, 1.82) is 0 Å². The lowest BCUT2D eigenvalue weighted by Crippen LogP contribution is -2.43. The van der Waals surface area contributed by atoms with Crippen LogP contribution in [0.3, 0.4) is 0 Å². The van der Waals surface area contributed by atoms with Crippen molar-refractivity contribution in [3.05, 3.63) is 11.9 Å². The lowest BCUT2D eigenvalue weighted by atomic mass is 10.0. The molecular weight excluding hydrogens is 262 g/mol. The molecule has 0 amide bonds. The molecule has 108 valence electrons. The molecule has 1 aromatic heterocycles. The van der Waals surface area contributed by atoms with Gasteiger partial charge in [-0.15, -0.1) is 0 Å². The zero-order valence-corrected chi connectivity index (χ0v) is 12.8. The van der Waals surface area contributed by atoms with E-state index in [1.165, 1.54) is 6.20 Å². The molecule has 1 aromatic rings. The minimum atomic E-state index is -3.39. The summed E-state index contributed by atoms with van der Waals surface area (Å²) in [5.41, 5.74) is 0.739. The van der Waals surface area contributed by atoms with Crippen LogP contribution in [0.15, 0.2) is 11.1 Å². The fourth-order valence-electron chi connectivity index (χ4n) is 2.83. The van der Waals surface area contributed by atoms with E-state index >= 15 is 0 Å². The van der Waals surface area contributed by atoms with Gasteiger partial charge in [0.15, 0.2) is 0 Å². The lowest BCUT2D eigenvalue weighted by molar-refractivity contribution is 0.246. The minimum absolute atomic E-state index is 0.142. The molecule has 0 aromatic carbocycles. The summed E-state index contributed by atoms with van der Waals surface area (Å²) in [6, 6.07) is 0.142. The molecule has 0 aliphatic carbocycles. The summed E-state index contributed by atoms with van der Waals surface area (Å²) in [6.07, 6.45) is 5.42. The number of piperidine rings is 1. The third-order valence-corrected chi connectivity index (χ3v) is 6.04. The maximum Gasteiger partial charge on any atom is 0.246 e. The lowest BCUT2D eigenvalue weighted by Gasteiger charge is -2.33. The van der Waals surface area contributed by atoms with Gasteiger partial charge in [-0.25, -0.2) is 8.42 Å². The number of sulfonamides is 1. The number of rotatable bonds is 4. The van der Waals surface area contributed by atoms with Gasteiger partial charge in [0.25, 0.3) is 0 Å². The van der Waals surface area contributed by atoms with Gasteiger partial charge in [0.1, 0.15) is 4.90 Å². The average Bonchev–Trinajstić information content (AvgIpc) is 2.80. The summed E-state index contributed by atoms with van der Waals surface area (Å²) in [5, 5.41) is 4.16. The first-order valence-corrected chi connectivity index (χ1v) is 8.50. The van der Waals surface area contributed by atoms with E-state index in [4.69, 9.17) is 0 Å². The molecule has 1 fully saturated rings. The van der Waals surface area contributed by atoms with Crippen molar-refractivity contribution in [2.75, 3.05) is 6.54 Å². The largest absolute Gasteiger partial charge is 0.269 e. The van der Waals surface area contributed by atoms with E-state index in [9.17, 15) is 8.42 Å². The minimum Gasteiger partial charge on any atom is -0.269 e. The molecule has 1 aliphatic heterocycles. The molecule has 19 heavy (non-hydrogen) atoms. The summed E-state index contributed by atoms with van der Waals surface area (Å²) in [7, 11) is -3.39. The average molecular weight is 285 g/mol. The summed E-state index contributed by atoms with van der Waals surface area (Å²) in [6.45, 7) is 7.18.